The van der Waals surface area contributed by atoms with E-state index >= 15 is 0 Å². The fourth-order valence-electron chi connectivity index (χ4n) is 2.35. The van der Waals surface area contributed by atoms with Gasteiger partial charge in [-0.1, -0.05) is 30.3 Å². The van der Waals surface area contributed by atoms with E-state index in [1.54, 1.807) is 37.3 Å². The predicted octanol–water partition coefficient (Wildman–Crippen LogP) is 3.79. The molecule has 1 N–H and O–H groups in total. The van der Waals surface area contributed by atoms with Gasteiger partial charge in [0.1, 0.15) is 0 Å². The number of nitrogens with one attached hydrogen (secondary N) is 1. The van der Waals surface area contributed by atoms with Gasteiger partial charge in [0.2, 0.25) is 11.9 Å². The maximum absolute atomic E-state index is 13.9. The van der Waals surface area contributed by atoms with Gasteiger partial charge in [-0.25, -0.2) is 20.1 Å². The van der Waals surface area contributed by atoms with Gasteiger partial charge in [0.15, 0.2) is 5.69 Å². The first-order valence-corrected chi connectivity index (χ1v) is 7.75. The molecule has 27 heavy (non-hydrogen) atoms. The summed E-state index contributed by atoms with van der Waals surface area (Å²) < 4.78 is 54.3. The van der Waals surface area contributed by atoms with Crippen molar-refractivity contribution in [3.8, 4) is 11.3 Å². The average molecular weight is 378 g/mol. The number of rotatable bonds is 4. The highest BCUT2D eigenvalue weighted by atomic mass is 19.4. The highest BCUT2D eigenvalue weighted by Gasteiger charge is 2.33. The van der Waals surface area contributed by atoms with Crippen molar-refractivity contribution >= 4 is 12.2 Å². The molecule has 0 saturated carbocycles. The van der Waals surface area contributed by atoms with E-state index in [2.05, 4.69) is 25.6 Å². The quantitative estimate of drug-likeness (QED) is 0.426. The third kappa shape index (κ3) is 4.10. The lowest BCUT2D eigenvalue weighted by molar-refractivity contribution is -0.141. The van der Waals surface area contributed by atoms with Crippen molar-refractivity contribution in [3.63, 3.8) is 0 Å². The first-order chi connectivity index (χ1) is 12.8. The normalized spacial score (nSPS) is 11.9. The first-order valence-electron chi connectivity index (χ1n) is 7.75. The van der Waals surface area contributed by atoms with E-state index in [0.29, 0.717) is 11.3 Å². The monoisotopic (exact) mass is 378 g/mol. The number of benzene rings is 1. The van der Waals surface area contributed by atoms with E-state index in [1.807, 2.05) is 0 Å². The molecule has 6 nitrogen and oxygen atoms in total. The molecule has 0 unspecified atom stereocenters. The summed E-state index contributed by atoms with van der Waals surface area (Å²) in [5.74, 6) is -0.977. The van der Waals surface area contributed by atoms with E-state index in [0.717, 1.165) is 17.0 Å². The molecule has 0 aliphatic carbocycles. The maximum Gasteiger partial charge on any atom is 0.433 e. The van der Waals surface area contributed by atoms with Gasteiger partial charge in [0.05, 0.1) is 23.2 Å². The van der Waals surface area contributed by atoms with Crippen LogP contribution >= 0.6 is 0 Å². The van der Waals surface area contributed by atoms with Crippen LogP contribution in [0.25, 0.3) is 11.3 Å². The smallest absolute Gasteiger partial charge is 0.245 e. The topological polar surface area (TPSA) is 68.0 Å². The number of nitrogens with zero attached hydrogens (tertiary/aromatic N) is 5. The molecule has 0 bridgehead atoms. The number of aromatic nitrogens is 4. The lowest BCUT2D eigenvalue weighted by Gasteiger charge is -2.10. The van der Waals surface area contributed by atoms with Crippen molar-refractivity contribution in [1.29, 1.82) is 0 Å². The van der Waals surface area contributed by atoms with Crippen molar-refractivity contribution < 1.29 is 17.6 Å². The highest BCUT2D eigenvalue weighted by molar-refractivity contribution is 5.81. The van der Waals surface area contributed by atoms with E-state index in [-0.39, 0.29) is 17.2 Å². The van der Waals surface area contributed by atoms with Gasteiger partial charge in [-0.15, -0.1) is 0 Å². The summed E-state index contributed by atoms with van der Waals surface area (Å²) >= 11 is 0. The first kappa shape index (κ1) is 18.5. The molecule has 3 rings (SSSR count). The summed E-state index contributed by atoms with van der Waals surface area (Å²) in [6, 6.07) is 9.22. The largest absolute Gasteiger partial charge is 0.433 e. The Balaban J connectivity index is 1.94. The minimum Gasteiger partial charge on any atom is -0.245 e. The molecule has 10 heteroatoms. The van der Waals surface area contributed by atoms with E-state index in [1.165, 1.54) is 7.05 Å². The molecular formula is C17H14F4N6. The zero-order valence-corrected chi connectivity index (χ0v) is 14.3. The molecule has 140 valence electrons. The van der Waals surface area contributed by atoms with Gasteiger partial charge in [-0.2, -0.15) is 27.8 Å². The average Bonchev–Trinajstić information content (AvgIpc) is 2.87. The maximum atomic E-state index is 13.9. The van der Waals surface area contributed by atoms with Gasteiger partial charge < -0.3 is 0 Å². The number of halogens is 4. The standard InChI is InChI=1S/C17H14F4N6/c1-10-12(15(18)27(2)26-10)9-22-25-16-23-13(11-6-4-3-5-7-11)8-14(24-16)17(19,20)21/h3-9H,1-2H3,(H,23,24,25)/b22-9+. The zero-order chi connectivity index (χ0) is 19.6. The van der Waals surface area contributed by atoms with Crippen LogP contribution in [0.15, 0.2) is 41.5 Å². The molecule has 2 heterocycles. The molecule has 0 atom stereocenters. The molecule has 2 aromatic heterocycles. The van der Waals surface area contributed by atoms with E-state index in [4.69, 9.17) is 0 Å². The summed E-state index contributed by atoms with van der Waals surface area (Å²) in [6.45, 7) is 1.58. The number of hydrazone groups is 1. The van der Waals surface area contributed by atoms with Crippen LogP contribution in [0.5, 0.6) is 0 Å². The summed E-state index contributed by atoms with van der Waals surface area (Å²) in [4.78, 5) is 7.48. The third-order valence-electron chi connectivity index (χ3n) is 3.64. The second kappa shape index (κ2) is 7.14. The summed E-state index contributed by atoms with van der Waals surface area (Å²) in [6.07, 6.45) is -3.54. The molecule has 0 aliphatic rings. The summed E-state index contributed by atoms with van der Waals surface area (Å²) in [5, 5.41) is 7.62. The molecule has 3 aromatic rings. The molecular weight excluding hydrogens is 364 g/mol. The van der Waals surface area contributed by atoms with Crippen LogP contribution in [0, 0.1) is 12.9 Å². The molecule has 0 saturated heterocycles. The number of hydrogen-bond acceptors (Lipinski definition) is 5. The van der Waals surface area contributed by atoms with Crippen LogP contribution < -0.4 is 5.43 Å². The fourth-order valence-corrected chi connectivity index (χ4v) is 2.35. The summed E-state index contributed by atoms with van der Waals surface area (Å²) in [7, 11) is 1.43. The third-order valence-corrected chi connectivity index (χ3v) is 3.64. The van der Waals surface area contributed by atoms with E-state index in [9.17, 15) is 17.6 Å². The number of anilines is 1. The zero-order valence-electron chi connectivity index (χ0n) is 14.3. The van der Waals surface area contributed by atoms with Crippen molar-refractivity contribution in [2.24, 2.45) is 12.1 Å². The van der Waals surface area contributed by atoms with E-state index < -0.39 is 17.8 Å². The van der Waals surface area contributed by atoms with Gasteiger partial charge in [0.25, 0.3) is 0 Å². The Labute approximate surface area is 151 Å². The molecule has 0 fully saturated rings. The van der Waals surface area contributed by atoms with Crippen LogP contribution in [0.2, 0.25) is 0 Å². The lowest BCUT2D eigenvalue weighted by Crippen LogP contribution is -2.11. The Morgan fingerprint density at radius 2 is 1.85 bits per heavy atom. The Morgan fingerprint density at radius 1 is 1.15 bits per heavy atom. The van der Waals surface area contributed by atoms with Crippen LogP contribution in [0.3, 0.4) is 0 Å². The van der Waals surface area contributed by atoms with Crippen molar-refractivity contribution in [1.82, 2.24) is 19.7 Å². The second-order valence-corrected chi connectivity index (χ2v) is 5.61. The van der Waals surface area contributed by atoms with Gasteiger partial charge in [-0.05, 0) is 13.0 Å². The van der Waals surface area contributed by atoms with Crippen molar-refractivity contribution in [2.75, 3.05) is 5.43 Å². The van der Waals surface area contributed by atoms with Gasteiger partial charge >= 0.3 is 6.18 Å². The van der Waals surface area contributed by atoms with Crippen LogP contribution in [0.1, 0.15) is 17.0 Å². The SMILES string of the molecule is Cc1nn(C)c(F)c1/C=N/Nc1nc(-c2ccccc2)cc(C(F)(F)F)n1. The lowest BCUT2D eigenvalue weighted by atomic mass is 10.1. The Hall–Kier alpha value is -3.30. The van der Waals surface area contributed by atoms with Crippen LogP contribution in [0.4, 0.5) is 23.5 Å². The van der Waals surface area contributed by atoms with Gasteiger partial charge in [-0.3, -0.25) is 0 Å². The van der Waals surface area contributed by atoms with Crippen LogP contribution in [-0.2, 0) is 13.2 Å². The molecule has 0 radical (unpaired) electrons. The number of hydrogen-bond donors (Lipinski definition) is 1. The Bertz CT molecular complexity index is 979. The van der Waals surface area contributed by atoms with Crippen LogP contribution in [-0.4, -0.2) is 26.0 Å². The molecule has 0 spiro atoms. The summed E-state index contributed by atoms with van der Waals surface area (Å²) in [5.41, 5.74) is 2.28. The van der Waals surface area contributed by atoms with Gasteiger partial charge in [0, 0.05) is 12.6 Å². The van der Waals surface area contributed by atoms with Crippen molar-refractivity contribution in [3.05, 3.63) is 59.3 Å². The fraction of sp³-hybridized carbons (Fsp3) is 0.176. The Kier molecular flexibility index (Phi) is 4.89. The minimum atomic E-state index is -4.65. The second-order valence-electron chi connectivity index (χ2n) is 5.61. The molecule has 1 aromatic carbocycles. The predicted molar refractivity (Wildman–Crippen MR) is 91.6 cm³/mol. The number of aryl methyl sites for hydroxylation is 2. The molecule has 0 amide bonds. The Morgan fingerprint density at radius 3 is 2.44 bits per heavy atom. The number of alkyl halides is 3. The minimum absolute atomic E-state index is 0.0827. The highest BCUT2D eigenvalue weighted by Crippen LogP contribution is 2.31. The molecule has 0 aliphatic heterocycles. The van der Waals surface area contributed by atoms with Crippen molar-refractivity contribution in [2.45, 2.75) is 13.1 Å².